The van der Waals surface area contributed by atoms with Gasteiger partial charge in [0.1, 0.15) is 5.82 Å². The van der Waals surface area contributed by atoms with Crippen LogP contribution in [0.3, 0.4) is 0 Å². The topological polar surface area (TPSA) is 30.7 Å². The second-order valence-electron chi connectivity index (χ2n) is 5.16. The molecule has 23 heavy (non-hydrogen) atoms. The number of pyridine rings is 1. The van der Waals surface area contributed by atoms with Crippen LogP contribution >= 0.6 is 34.8 Å². The maximum atomic E-state index is 6.28. The van der Waals surface area contributed by atoms with Gasteiger partial charge in [0.05, 0.1) is 17.3 Å². The Labute approximate surface area is 149 Å². The minimum absolute atomic E-state index is 0.578. The first-order valence-electron chi connectivity index (χ1n) is 7.17. The Morgan fingerprint density at radius 2 is 1.87 bits per heavy atom. The monoisotopic (exact) mass is 365 g/mol. The Morgan fingerprint density at radius 3 is 2.61 bits per heavy atom. The number of aromatic nitrogens is 3. The molecule has 3 nitrogen and oxygen atoms in total. The van der Waals surface area contributed by atoms with Crippen LogP contribution in [0.5, 0.6) is 0 Å². The molecule has 0 atom stereocenters. The summed E-state index contributed by atoms with van der Waals surface area (Å²) < 4.78 is 2.05. The van der Waals surface area contributed by atoms with Crippen LogP contribution in [0.2, 0.25) is 15.1 Å². The Morgan fingerprint density at radius 1 is 1.04 bits per heavy atom. The molecular formula is C17H14Cl3N3. The molecule has 0 spiro atoms. The predicted octanol–water partition coefficient (Wildman–Crippen LogP) is 5.52. The number of rotatable bonds is 4. The number of hydrogen-bond acceptors (Lipinski definition) is 2. The van der Waals surface area contributed by atoms with E-state index in [4.69, 9.17) is 34.8 Å². The van der Waals surface area contributed by atoms with Crippen molar-refractivity contribution in [2.24, 2.45) is 0 Å². The molecule has 0 aliphatic rings. The zero-order valence-electron chi connectivity index (χ0n) is 12.4. The Kier molecular flexibility index (Phi) is 4.90. The minimum atomic E-state index is 0.578. The van der Waals surface area contributed by atoms with Crippen LogP contribution in [-0.2, 0) is 13.0 Å². The van der Waals surface area contributed by atoms with E-state index in [0.29, 0.717) is 21.6 Å². The third-order valence-corrected chi connectivity index (χ3v) is 4.31. The van der Waals surface area contributed by atoms with Gasteiger partial charge in [0.25, 0.3) is 0 Å². The number of halogens is 3. The van der Waals surface area contributed by atoms with Crippen LogP contribution < -0.4 is 0 Å². The molecule has 0 radical (unpaired) electrons. The average molecular weight is 367 g/mol. The predicted molar refractivity (Wildman–Crippen MR) is 95.4 cm³/mol. The Bertz CT molecular complexity index is 843. The number of imidazole rings is 1. The highest BCUT2D eigenvalue weighted by Crippen LogP contribution is 2.26. The molecule has 3 aromatic rings. The summed E-state index contributed by atoms with van der Waals surface area (Å²) in [6.45, 7) is 2.65. The normalized spacial score (nSPS) is 11.0. The molecule has 0 saturated heterocycles. The zero-order valence-corrected chi connectivity index (χ0v) is 14.7. The molecule has 0 N–H and O–H groups in total. The van der Waals surface area contributed by atoms with Crippen LogP contribution in [-0.4, -0.2) is 14.5 Å². The number of benzene rings is 1. The summed E-state index contributed by atoms with van der Waals surface area (Å²) in [4.78, 5) is 8.82. The first-order valence-corrected chi connectivity index (χ1v) is 8.31. The molecule has 0 saturated carbocycles. The fraction of sp³-hybridized carbons (Fsp3) is 0.176. The highest BCUT2D eigenvalue weighted by molar-refractivity contribution is 6.33. The molecule has 2 heterocycles. The maximum absolute atomic E-state index is 6.28. The highest BCUT2D eigenvalue weighted by atomic mass is 35.5. The van der Waals surface area contributed by atoms with Gasteiger partial charge < -0.3 is 4.57 Å². The van der Waals surface area contributed by atoms with Gasteiger partial charge in [-0.05, 0) is 36.2 Å². The van der Waals surface area contributed by atoms with Gasteiger partial charge in [-0.25, -0.2) is 4.98 Å². The molecule has 0 bridgehead atoms. The van der Waals surface area contributed by atoms with Crippen LogP contribution in [0.15, 0.2) is 42.9 Å². The molecule has 2 aromatic heterocycles. The number of nitrogens with zero attached hydrogens (tertiary/aromatic N) is 3. The van der Waals surface area contributed by atoms with Crippen LogP contribution in [0.25, 0.3) is 11.4 Å². The molecule has 0 aliphatic carbocycles. The third kappa shape index (κ3) is 3.69. The van der Waals surface area contributed by atoms with Gasteiger partial charge >= 0.3 is 0 Å². The molecule has 1 aromatic carbocycles. The van der Waals surface area contributed by atoms with E-state index in [0.717, 1.165) is 29.1 Å². The zero-order chi connectivity index (χ0) is 16.4. The quantitative estimate of drug-likeness (QED) is 0.609. The fourth-order valence-corrected chi connectivity index (χ4v) is 2.92. The number of hydrogen-bond donors (Lipinski definition) is 0. The number of aryl methyl sites for hydroxylation is 1. The summed E-state index contributed by atoms with van der Waals surface area (Å²) in [5, 5.41) is 1.92. The second-order valence-corrected chi connectivity index (χ2v) is 6.44. The molecule has 0 unspecified atom stereocenters. The van der Waals surface area contributed by atoms with E-state index in [1.807, 2.05) is 22.9 Å². The summed E-state index contributed by atoms with van der Waals surface area (Å²) >= 11 is 18.4. The van der Waals surface area contributed by atoms with Crippen LogP contribution in [0, 0.1) is 0 Å². The highest BCUT2D eigenvalue weighted by Gasteiger charge is 2.12. The molecule has 0 amide bonds. The third-order valence-electron chi connectivity index (χ3n) is 3.50. The van der Waals surface area contributed by atoms with Gasteiger partial charge in [-0.15, -0.1) is 0 Å². The van der Waals surface area contributed by atoms with Gasteiger partial charge in [-0.2, -0.15) is 0 Å². The SMILES string of the molecule is CCc1cn(Cc2cc(Cl)ccc2Cl)c(-c2cncc(Cl)c2)n1. The van der Waals surface area contributed by atoms with E-state index in [1.165, 1.54) is 0 Å². The second kappa shape index (κ2) is 6.91. The molecule has 6 heteroatoms. The first kappa shape index (κ1) is 16.3. The van der Waals surface area contributed by atoms with Crippen LogP contribution in [0.4, 0.5) is 0 Å². The van der Waals surface area contributed by atoms with E-state index in [9.17, 15) is 0 Å². The summed E-state index contributed by atoms with van der Waals surface area (Å²) in [7, 11) is 0. The van der Waals surface area contributed by atoms with Crippen molar-refractivity contribution in [2.45, 2.75) is 19.9 Å². The lowest BCUT2D eigenvalue weighted by atomic mass is 10.2. The van der Waals surface area contributed by atoms with E-state index >= 15 is 0 Å². The van der Waals surface area contributed by atoms with E-state index < -0.39 is 0 Å². The molecule has 3 rings (SSSR count). The maximum Gasteiger partial charge on any atom is 0.142 e. The van der Waals surface area contributed by atoms with Crippen molar-refractivity contribution in [2.75, 3.05) is 0 Å². The first-order chi connectivity index (χ1) is 11.1. The summed E-state index contributed by atoms with van der Waals surface area (Å²) in [5.41, 5.74) is 2.81. The summed E-state index contributed by atoms with van der Waals surface area (Å²) in [6, 6.07) is 7.31. The lowest BCUT2D eigenvalue weighted by Gasteiger charge is -2.10. The standard InChI is InChI=1S/C17H14Cl3N3/c1-2-15-10-23(9-12-6-13(18)3-4-16(12)20)17(22-15)11-5-14(19)8-21-7-11/h3-8,10H,2,9H2,1H3. The minimum Gasteiger partial charge on any atom is -0.326 e. The van der Waals surface area contributed by atoms with Gasteiger partial charge in [0.15, 0.2) is 0 Å². The average Bonchev–Trinajstić information content (AvgIpc) is 2.94. The summed E-state index contributed by atoms with van der Waals surface area (Å²) in [6.07, 6.45) is 6.22. The van der Waals surface area contributed by atoms with Crippen molar-refractivity contribution in [3.05, 3.63) is 69.2 Å². The molecule has 118 valence electrons. The van der Waals surface area contributed by atoms with Crippen molar-refractivity contribution in [3.63, 3.8) is 0 Å². The lowest BCUT2D eigenvalue weighted by molar-refractivity contribution is 0.805. The van der Waals surface area contributed by atoms with Crippen molar-refractivity contribution < 1.29 is 0 Å². The van der Waals surface area contributed by atoms with Crippen molar-refractivity contribution in [1.29, 1.82) is 0 Å². The molecule has 0 fully saturated rings. The van der Waals surface area contributed by atoms with Crippen molar-refractivity contribution in [1.82, 2.24) is 14.5 Å². The van der Waals surface area contributed by atoms with Crippen molar-refractivity contribution in [3.8, 4) is 11.4 Å². The van der Waals surface area contributed by atoms with Gasteiger partial charge in [0.2, 0.25) is 0 Å². The largest absolute Gasteiger partial charge is 0.326 e. The van der Waals surface area contributed by atoms with Gasteiger partial charge in [0, 0.05) is 34.2 Å². The Hall–Kier alpha value is -1.55. The summed E-state index contributed by atoms with van der Waals surface area (Å²) in [5.74, 6) is 0.813. The van der Waals surface area contributed by atoms with Gasteiger partial charge in [-0.1, -0.05) is 41.7 Å². The fourth-order valence-electron chi connectivity index (χ4n) is 2.37. The lowest BCUT2D eigenvalue weighted by Crippen LogP contribution is -2.02. The van der Waals surface area contributed by atoms with E-state index in [2.05, 4.69) is 16.9 Å². The van der Waals surface area contributed by atoms with E-state index in [-0.39, 0.29) is 0 Å². The van der Waals surface area contributed by atoms with Crippen molar-refractivity contribution >= 4 is 34.8 Å². The van der Waals surface area contributed by atoms with Crippen LogP contribution in [0.1, 0.15) is 18.2 Å². The molecular weight excluding hydrogens is 353 g/mol. The van der Waals surface area contributed by atoms with E-state index in [1.54, 1.807) is 24.5 Å². The van der Waals surface area contributed by atoms with Gasteiger partial charge in [-0.3, -0.25) is 4.98 Å². The molecule has 0 aliphatic heterocycles. The smallest absolute Gasteiger partial charge is 0.142 e. The Balaban J connectivity index is 2.05.